The van der Waals surface area contributed by atoms with E-state index in [0.29, 0.717) is 37.2 Å². The van der Waals surface area contributed by atoms with Gasteiger partial charge in [-0.15, -0.1) is 24.0 Å². The molecule has 1 aromatic carbocycles. The van der Waals surface area contributed by atoms with Crippen LogP contribution in [0.15, 0.2) is 39.9 Å². The number of aliphatic imine (C=N–C) groups is 1. The molecule has 8 nitrogen and oxygen atoms in total. The molecule has 150 valence electrons. The zero-order valence-electron chi connectivity index (χ0n) is 15.7. The number of guanidine groups is 1. The van der Waals surface area contributed by atoms with Crippen LogP contribution in [0.2, 0.25) is 0 Å². The summed E-state index contributed by atoms with van der Waals surface area (Å²) < 4.78 is 30.0. The average Bonchev–Trinajstić information content (AvgIpc) is 3.05. The van der Waals surface area contributed by atoms with Crippen molar-refractivity contribution < 1.29 is 12.8 Å². The van der Waals surface area contributed by atoms with Crippen LogP contribution in [-0.4, -0.2) is 45.3 Å². The van der Waals surface area contributed by atoms with E-state index in [4.69, 9.17) is 4.42 Å². The quantitative estimate of drug-likeness (QED) is 0.218. The lowest BCUT2D eigenvalue weighted by molar-refractivity contribution is 0.572. The molecule has 0 saturated carbocycles. The van der Waals surface area contributed by atoms with Crippen molar-refractivity contribution in [1.29, 1.82) is 0 Å². The molecule has 0 aliphatic heterocycles. The van der Waals surface area contributed by atoms with Gasteiger partial charge in [-0.05, 0) is 26.0 Å². The summed E-state index contributed by atoms with van der Waals surface area (Å²) >= 11 is 0. The van der Waals surface area contributed by atoms with Gasteiger partial charge in [-0.3, -0.25) is 0 Å². The fraction of sp³-hybridized carbons (Fsp3) is 0.412. The Balaban J connectivity index is 0.00000364. The second-order valence-electron chi connectivity index (χ2n) is 5.80. The topological polar surface area (TPSA) is 109 Å². The first kappa shape index (κ1) is 23.4. The number of nitrogens with zero attached hydrogens (tertiary/aromatic N) is 2. The summed E-state index contributed by atoms with van der Waals surface area (Å²) in [6.07, 6.45) is 2.72. The highest BCUT2D eigenvalue weighted by molar-refractivity contribution is 14.0. The summed E-state index contributed by atoms with van der Waals surface area (Å²) in [5, 5.41) is 6.16. The Morgan fingerprint density at radius 2 is 1.89 bits per heavy atom. The SMILES string of the molecule is CCNC(=NCc1coc(-c2ccc(C)cc2)n1)NCCNS(C)(=O)=O.I. The van der Waals surface area contributed by atoms with E-state index in [0.717, 1.165) is 11.8 Å². The zero-order chi connectivity index (χ0) is 19.0. The van der Waals surface area contributed by atoms with Crippen LogP contribution >= 0.6 is 24.0 Å². The summed E-state index contributed by atoms with van der Waals surface area (Å²) in [5.41, 5.74) is 2.81. The van der Waals surface area contributed by atoms with Crippen LogP contribution in [0.5, 0.6) is 0 Å². The third kappa shape index (κ3) is 8.71. The standard InChI is InChI=1S/C17H25N5O3S.HI/c1-4-18-17(19-9-10-21-26(3,23)24)20-11-15-12-25-16(22-15)14-7-5-13(2)6-8-14;/h5-8,12,21H,4,9-11H2,1-3H3,(H2,18,19,20);1H. The van der Waals surface area contributed by atoms with Crippen molar-refractivity contribution in [2.24, 2.45) is 4.99 Å². The van der Waals surface area contributed by atoms with Gasteiger partial charge in [0, 0.05) is 25.2 Å². The zero-order valence-corrected chi connectivity index (χ0v) is 18.8. The van der Waals surface area contributed by atoms with E-state index in [9.17, 15) is 8.42 Å². The number of oxazole rings is 1. The van der Waals surface area contributed by atoms with Gasteiger partial charge in [0.05, 0.1) is 12.8 Å². The molecule has 0 atom stereocenters. The number of sulfonamides is 1. The average molecular weight is 507 g/mol. The van der Waals surface area contributed by atoms with Crippen LogP contribution in [0.3, 0.4) is 0 Å². The highest BCUT2D eigenvalue weighted by atomic mass is 127. The van der Waals surface area contributed by atoms with Gasteiger partial charge in [0.2, 0.25) is 15.9 Å². The van der Waals surface area contributed by atoms with Crippen molar-refractivity contribution in [3.63, 3.8) is 0 Å². The number of aromatic nitrogens is 1. The van der Waals surface area contributed by atoms with Crippen molar-refractivity contribution in [2.45, 2.75) is 20.4 Å². The highest BCUT2D eigenvalue weighted by Crippen LogP contribution is 2.19. The van der Waals surface area contributed by atoms with Gasteiger partial charge in [0.25, 0.3) is 0 Å². The fourth-order valence-electron chi connectivity index (χ4n) is 2.13. The second-order valence-corrected chi connectivity index (χ2v) is 7.63. The first-order valence-corrected chi connectivity index (χ1v) is 10.2. The highest BCUT2D eigenvalue weighted by Gasteiger charge is 2.07. The molecule has 0 aliphatic rings. The molecule has 0 amide bonds. The minimum Gasteiger partial charge on any atom is -0.444 e. The molecule has 3 N–H and O–H groups in total. The minimum atomic E-state index is -3.19. The maximum atomic E-state index is 11.0. The first-order chi connectivity index (χ1) is 12.4. The van der Waals surface area contributed by atoms with E-state index in [1.807, 2.05) is 38.1 Å². The van der Waals surface area contributed by atoms with Crippen LogP contribution in [-0.2, 0) is 16.6 Å². The number of aryl methyl sites for hydroxylation is 1. The van der Waals surface area contributed by atoms with Crippen LogP contribution in [0.1, 0.15) is 18.2 Å². The Hall–Kier alpha value is -1.66. The molecule has 27 heavy (non-hydrogen) atoms. The summed E-state index contributed by atoms with van der Waals surface area (Å²) in [4.78, 5) is 8.88. The van der Waals surface area contributed by atoms with Gasteiger partial charge in [0.1, 0.15) is 12.0 Å². The van der Waals surface area contributed by atoms with Crippen LogP contribution in [0, 0.1) is 6.92 Å². The van der Waals surface area contributed by atoms with E-state index in [2.05, 4.69) is 25.3 Å². The molecular formula is C17H26IN5O3S. The molecule has 1 aromatic heterocycles. The van der Waals surface area contributed by atoms with E-state index in [-0.39, 0.29) is 30.5 Å². The Labute approximate surface area is 177 Å². The van der Waals surface area contributed by atoms with Gasteiger partial charge >= 0.3 is 0 Å². The molecule has 2 rings (SSSR count). The monoisotopic (exact) mass is 507 g/mol. The lowest BCUT2D eigenvalue weighted by Gasteiger charge is -2.10. The van der Waals surface area contributed by atoms with Crippen molar-refractivity contribution in [3.8, 4) is 11.5 Å². The third-order valence-corrected chi connectivity index (χ3v) is 4.10. The Kier molecular flexibility index (Phi) is 9.74. The Morgan fingerprint density at radius 3 is 2.52 bits per heavy atom. The van der Waals surface area contributed by atoms with Crippen molar-refractivity contribution in [3.05, 3.63) is 41.8 Å². The molecule has 0 unspecified atom stereocenters. The van der Waals surface area contributed by atoms with Gasteiger partial charge in [-0.2, -0.15) is 0 Å². The normalized spacial score (nSPS) is 11.7. The summed E-state index contributed by atoms with van der Waals surface area (Å²) in [5.74, 6) is 1.15. The molecule has 0 spiro atoms. The summed E-state index contributed by atoms with van der Waals surface area (Å²) in [7, 11) is -3.19. The molecule has 0 aliphatic carbocycles. The number of halogens is 1. The number of hydrogen-bond donors (Lipinski definition) is 3. The lowest BCUT2D eigenvalue weighted by atomic mass is 10.1. The maximum absolute atomic E-state index is 11.0. The van der Waals surface area contributed by atoms with Crippen LogP contribution in [0.25, 0.3) is 11.5 Å². The molecule has 0 fully saturated rings. The molecule has 0 radical (unpaired) electrons. The largest absolute Gasteiger partial charge is 0.444 e. The Morgan fingerprint density at radius 1 is 1.19 bits per heavy atom. The predicted octanol–water partition coefficient (Wildman–Crippen LogP) is 1.87. The van der Waals surface area contributed by atoms with Crippen LogP contribution < -0.4 is 15.4 Å². The van der Waals surface area contributed by atoms with Crippen molar-refractivity contribution in [1.82, 2.24) is 20.3 Å². The van der Waals surface area contributed by atoms with E-state index >= 15 is 0 Å². The maximum Gasteiger partial charge on any atom is 0.226 e. The third-order valence-electron chi connectivity index (χ3n) is 3.38. The second kappa shape index (κ2) is 11.2. The molecular weight excluding hydrogens is 481 g/mol. The van der Waals surface area contributed by atoms with Gasteiger partial charge in [-0.1, -0.05) is 17.7 Å². The Bertz CT molecular complexity index is 835. The fourth-order valence-corrected chi connectivity index (χ4v) is 2.60. The van der Waals surface area contributed by atoms with E-state index < -0.39 is 10.0 Å². The minimum absolute atomic E-state index is 0. The van der Waals surface area contributed by atoms with Gasteiger partial charge in [-0.25, -0.2) is 23.1 Å². The molecule has 1 heterocycles. The van der Waals surface area contributed by atoms with Crippen molar-refractivity contribution in [2.75, 3.05) is 25.9 Å². The summed E-state index contributed by atoms with van der Waals surface area (Å²) in [6, 6.07) is 7.95. The summed E-state index contributed by atoms with van der Waals surface area (Å²) in [6.45, 7) is 5.73. The molecule has 0 saturated heterocycles. The van der Waals surface area contributed by atoms with Gasteiger partial charge in [0.15, 0.2) is 5.96 Å². The van der Waals surface area contributed by atoms with E-state index in [1.54, 1.807) is 6.26 Å². The smallest absolute Gasteiger partial charge is 0.226 e. The van der Waals surface area contributed by atoms with E-state index in [1.165, 1.54) is 5.56 Å². The van der Waals surface area contributed by atoms with Gasteiger partial charge < -0.3 is 15.1 Å². The first-order valence-electron chi connectivity index (χ1n) is 8.35. The lowest BCUT2D eigenvalue weighted by Crippen LogP contribution is -2.41. The molecule has 2 aromatic rings. The number of hydrogen-bond acceptors (Lipinski definition) is 5. The van der Waals surface area contributed by atoms with Crippen molar-refractivity contribution >= 4 is 40.0 Å². The predicted molar refractivity (Wildman–Crippen MR) is 118 cm³/mol. The number of benzene rings is 1. The number of rotatable bonds is 8. The molecule has 0 bridgehead atoms. The molecule has 10 heteroatoms. The number of nitrogens with one attached hydrogen (secondary N) is 3. The van der Waals surface area contributed by atoms with Crippen LogP contribution in [0.4, 0.5) is 0 Å².